The zero-order valence-electron chi connectivity index (χ0n) is 18.4. The van der Waals surface area contributed by atoms with Crippen LogP contribution in [0.5, 0.6) is 23.0 Å². The number of benzene rings is 3. The summed E-state index contributed by atoms with van der Waals surface area (Å²) in [7, 11) is 1.43. The number of carbonyl (C=O) groups excluding carboxylic acids is 1. The summed E-state index contributed by atoms with van der Waals surface area (Å²) >= 11 is 0. The molecule has 2 aromatic heterocycles. The monoisotopic (exact) mass is 496 g/mol. The number of para-hydroxylation sites is 1. The highest BCUT2D eigenvalue weighted by molar-refractivity contribution is 5.94. The highest BCUT2D eigenvalue weighted by atomic mass is 19.4. The van der Waals surface area contributed by atoms with E-state index in [-0.39, 0.29) is 22.6 Å². The number of furan rings is 1. The summed E-state index contributed by atoms with van der Waals surface area (Å²) in [6.07, 6.45) is -5.05. The van der Waals surface area contributed by atoms with Crippen molar-refractivity contribution in [3.8, 4) is 23.0 Å². The first kappa shape index (κ1) is 23.0. The number of rotatable bonds is 5. The third kappa shape index (κ3) is 4.36. The topological polar surface area (TPSA) is 88.1 Å². The van der Waals surface area contributed by atoms with Crippen LogP contribution in [0.1, 0.15) is 16.3 Å². The van der Waals surface area contributed by atoms with E-state index in [1.54, 1.807) is 24.3 Å². The van der Waals surface area contributed by atoms with E-state index in [4.69, 9.17) is 23.0 Å². The molecule has 10 heteroatoms. The number of hydrogen-bond donors (Lipinski definition) is 0. The molecule has 2 heterocycles. The zero-order valence-corrected chi connectivity index (χ0v) is 18.4. The van der Waals surface area contributed by atoms with Crippen molar-refractivity contribution < 1.29 is 41.0 Å². The van der Waals surface area contributed by atoms with Gasteiger partial charge in [0.15, 0.2) is 0 Å². The molecule has 182 valence electrons. The molecular weight excluding hydrogens is 481 g/mol. The van der Waals surface area contributed by atoms with Crippen molar-refractivity contribution >= 4 is 27.9 Å². The number of ether oxygens (including phenoxy) is 3. The molecule has 0 unspecified atom stereocenters. The van der Waals surface area contributed by atoms with Crippen molar-refractivity contribution in [2.45, 2.75) is 6.18 Å². The Hall–Kier alpha value is -4.73. The van der Waals surface area contributed by atoms with E-state index in [1.807, 2.05) is 0 Å². The van der Waals surface area contributed by atoms with Crippen LogP contribution in [-0.4, -0.2) is 13.1 Å². The number of fused-ring (bicyclic) bond motifs is 2. The maximum atomic E-state index is 13.8. The van der Waals surface area contributed by atoms with Gasteiger partial charge in [0.2, 0.25) is 16.9 Å². The minimum absolute atomic E-state index is 0.0238. The van der Waals surface area contributed by atoms with Crippen molar-refractivity contribution in [3.63, 3.8) is 0 Å². The third-order valence-electron chi connectivity index (χ3n) is 5.20. The quantitative estimate of drug-likeness (QED) is 0.201. The Morgan fingerprint density at radius 1 is 0.833 bits per heavy atom. The molecule has 0 saturated carbocycles. The van der Waals surface area contributed by atoms with Crippen LogP contribution in [0.3, 0.4) is 0 Å². The Morgan fingerprint density at radius 2 is 1.53 bits per heavy atom. The standard InChI is InChI=1S/C26H15F3O7/c1-32-15-6-8-16(9-7-15)33-23-22(30)18-11-10-17(13-20(18)36-24(23)26(27,28)29)34-25(31)21-12-14-4-2-3-5-19(14)35-21/h2-13H,1H3. The number of esters is 1. The Morgan fingerprint density at radius 3 is 2.22 bits per heavy atom. The van der Waals surface area contributed by atoms with Gasteiger partial charge in [-0.3, -0.25) is 4.79 Å². The van der Waals surface area contributed by atoms with Crippen LogP contribution in [0.25, 0.3) is 21.9 Å². The van der Waals surface area contributed by atoms with E-state index in [2.05, 4.69) is 0 Å². The van der Waals surface area contributed by atoms with Gasteiger partial charge in [-0.2, -0.15) is 13.2 Å². The minimum atomic E-state index is -5.05. The number of hydrogen-bond acceptors (Lipinski definition) is 7. The molecule has 0 atom stereocenters. The van der Waals surface area contributed by atoms with Gasteiger partial charge < -0.3 is 23.0 Å². The molecule has 0 fully saturated rings. The van der Waals surface area contributed by atoms with Crippen molar-refractivity contribution in [3.05, 3.63) is 94.5 Å². The van der Waals surface area contributed by atoms with Gasteiger partial charge in [0.25, 0.3) is 5.76 Å². The second-order valence-electron chi connectivity index (χ2n) is 7.56. The average molecular weight is 496 g/mol. The second kappa shape index (κ2) is 8.81. The molecule has 0 amide bonds. The summed E-state index contributed by atoms with van der Waals surface area (Å²) < 4.78 is 67.3. The first-order valence-corrected chi connectivity index (χ1v) is 10.4. The molecule has 36 heavy (non-hydrogen) atoms. The lowest BCUT2D eigenvalue weighted by Gasteiger charge is -2.13. The Labute approximate surface area is 200 Å². The van der Waals surface area contributed by atoms with Gasteiger partial charge in [0, 0.05) is 11.5 Å². The smallest absolute Gasteiger partial charge is 0.453 e. The number of alkyl halides is 3. The van der Waals surface area contributed by atoms with Crippen LogP contribution in [-0.2, 0) is 6.18 Å². The van der Waals surface area contributed by atoms with E-state index in [1.165, 1.54) is 49.6 Å². The van der Waals surface area contributed by atoms with Gasteiger partial charge in [0.1, 0.15) is 28.4 Å². The predicted octanol–water partition coefficient (Wildman–Crippen LogP) is 6.58. The van der Waals surface area contributed by atoms with Crippen LogP contribution in [0, 0.1) is 0 Å². The lowest BCUT2D eigenvalue weighted by molar-refractivity contribution is -0.154. The summed E-state index contributed by atoms with van der Waals surface area (Å²) in [5.74, 6) is -3.34. The van der Waals surface area contributed by atoms with E-state index < -0.39 is 34.7 Å². The molecule has 3 aromatic carbocycles. The van der Waals surface area contributed by atoms with Crippen molar-refractivity contribution in [1.29, 1.82) is 0 Å². The Balaban J connectivity index is 1.51. The highest BCUT2D eigenvalue weighted by Gasteiger charge is 2.40. The first-order valence-electron chi connectivity index (χ1n) is 10.4. The molecule has 5 rings (SSSR count). The van der Waals surface area contributed by atoms with Gasteiger partial charge in [-0.15, -0.1) is 0 Å². The van der Waals surface area contributed by atoms with Crippen LogP contribution in [0.15, 0.2) is 86.4 Å². The van der Waals surface area contributed by atoms with Crippen molar-refractivity contribution in [2.75, 3.05) is 7.11 Å². The molecule has 0 aliphatic carbocycles. The molecule has 5 aromatic rings. The molecule has 0 N–H and O–H groups in total. The fourth-order valence-electron chi connectivity index (χ4n) is 3.50. The highest BCUT2D eigenvalue weighted by Crippen LogP contribution is 2.39. The molecule has 0 spiro atoms. The fraction of sp³-hybridized carbons (Fsp3) is 0.0769. The maximum Gasteiger partial charge on any atom is 0.453 e. The molecule has 0 bridgehead atoms. The van der Waals surface area contributed by atoms with Crippen molar-refractivity contribution in [1.82, 2.24) is 0 Å². The van der Waals surface area contributed by atoms with E-state index in [0.29, 0.717) is 16.7 Å². The van der Waals surface area contributed by atoms with E-state index in [0.717, 1.165) is 6.07 Å². The maximum absolute atomic E-state index is 13.8. The largest absolute Gasteiger partial charge is 0.497 e. The normalized spacial score (nSPS) is 11.6. The molecule has 0 radical (unpaired) electrons. The second-order valence-corrected chi connectivity index (χ2v) is 7.56. The molecule has 0 aliphatic rings. The summed E-state index contributed by atoms with van der Waals surface area (Å²) in [6, 6.07) is 17.5. The Bertz CT molecular complexity index is 1610. The summed E-state index contributed by atoms with van der Waals surface area (Å²) in [5, 5.41) is 0.475. The molecule has 7 nitrogen and oxygen atoms in total. The third-order valence-corrected chi connectivity index (χ3v) is 5.20. The molecule has 0 aliphatic heterocycles. The van der Waals surface area contributed by atoms with Crippen molar-refractivity contribution in [2.24, 2.45) is 0 Å². The molecular formula is C26H15F3O7. The lowest BCUT2D eigenvalue weighted by atomic mass is 10.2. The number of halogens is 3. The Kier molecular flexibility index (Phi) is 5.63. The van der Waals surface area contributed by atoms with Crippen LogP contribution < -0.4 is 19.6 Å². The lowest BCUT2D eigenvalue weighted by Crippen LogP contribution is -2.15. The van der Waals surface area contributed by atoms with Crippen LogP contribution in [0.4, 0.5) is 13.2 Å². The van der Waals surface area contributed by atoms with Gasteiger partial charge in [-0.1, -0.05) is 18.2 Å². The first-order chi connectivity index (χ1) is 17.2. The van der Waals surface area contributed by atoms with Gasteiger partial charge >= 0.3 is 12.1 Å². The van der Waals surface area contributed by atoms with Gasteiger partial charge in [0.05, 0.1) is 12.5 Å². The fourth-order valence-corrected chi connectivity index (χ4v) is 3.50. The van der Waals surface area contributed by atoms with Crippen LogP contribution >= 0.6 is 0 Å². The van der Waals surface area contributed by atoms with E-state index >= 15 is 0 Å². The van der Waals surface area contributed by atoms with E-state index in [9.17, 15) is 22.8 Å². The van der Waals surface area contributed by atoms with Gasteiger partial charge in [-0.05, 0) is 48.5 Å². The molecule has 0 saturated heterocycles. The zero-order chi connectivity index (χ0) is 25.4. The SMILES string of the molecule is COc1ccc(Oc2c(C(F)(F)F)oc3cc(OC(=O)c4cc5ccccc5o4)ccc3c2=O)cc1. The number of carbonyl (C=O) groups is 1. The van der Waals surface area contributed by atoms with Gasteiger partial charge in [-0.25, -0.2) is 4.79 Å². The number of methoxy groups -OCH3 is 1. The predicted molar refractivity (Wildman–Crippen MR) is 122 cm³/mol. The summed E-state index contributed by atoms with van der Waals surface area (Å²) in [5.41, 5.74) is -1.02. The van der Waals surface area contributed by atoms with Crippen LogP contribution in [0.2, 0.25) is 0 Å². The summed E-state index contributed by atoms with van der Waals surface area (Å²) in [6.45, 7) is 0. The minimum Gasteiger partial charge on any atom is -0.497 e. The average Bonchev–Trinajstić information content (AvgIpc) is 3.30. The summed E-state index contributed by atoms with van der Waals surface area (Å²) in [4.78, 5) is 25.4.